The van der Waals surface area contributed by atoms with Gasteiger partial charge in [0.1, 0.15) is 0 Å². The van der Waals surface area contributed by atoms with Crippen molar-refractivity contribution in [2.75, 3.05) is 0 Å². The zero-order valence-electron chi connectivity index (χ0n) is 8.18. The largest absolute Gasteiger partial charge is 0.478 e. The number of rotatable bonds is 2. The van der Waals surface area contributed by atoms with Crippen molar-refractivity contribution >= 4 is 22.8 Å². The van der Waals surface area contributed by atoms with Gasteiger partial charge in [0.25, 0.3) is 0 Å². The SMILES string of the molecule is NC(=O)c1ccc2ncc(C(=O)O)cc2c1. The zero-order valence-corrected chi connectivity index (χ0v) is 8.18. The quantitative estimate of drug-likeness (QED) is 0.784. The summed E-state index contributed by atoms with van der Waals surface area (Å²) >= 11 is 0. The number of benzene rings is 1. The Kier molecular flexibility index (Phi) is 2.28. The third-order valence-electron chi connectivity index (χ3n) is 2.21. The Morgan fingerprint density at radius 1 is 1.19 bits per heavy atom. The highest BCUT2D eigenvalue weighted by Crippen LogP contribution is 2.15. The summed E-state index contributed by atoms with van der Waals surface area (Å²) in [7, 11) is 0. The van der Waals surface area contributed by atoms with Crippen LogP contribution in [0.25, 0.3) is 10.9 Å². The third-order valence-corrected chi connectivity index (χ3v) is 2.21. The number of aromatic nitrogens is 1. The first kappa shape index (κ1) is 10.1. The summed E-state index contributed by atoms with van der Waals surface area (Å²) in [4.78, 5) is 25.7. The molecule has 2 aromatic rings. The summed E-state index contributed by atoms with van der Waals surface area (Å²) in [5.74, 6) is -1.61. The number of fused-ring (bicyclic) bond motifs is 1. The van der Waals surface area contributed by atoms with E-state index in [2.05, 4.69) is 4.98 Å². The van der Waals surface area contributed by atoms with Gasteiger partial charge in [0.05, 0.1) is 11.1 Å². The maximum Gasteiger partial charge on any atom is 0.337 e. The van der Waals surface area contributed by atoms with Gasteiger partial charge in [-0.05, 0) is 24.3 Å². The first-order chi connectivity index (χ1) is 7.58. The molecule has 0 aliphatic heterocycles. The topological polar surface area (TPSA) is 93.3 Å². The molecule has 1 heterocycles. The summed E-state index contributed by atoms with van der Waals surface area (Å²) in [5, 5.41) is 9.37. The van der Waals surface area contributed by atoms with Gasteiger partial charge in [0.2, 0.25) is 5.91 Å². The van der Waals surface area contributed by atoms with Crippen LogP contribution < -0.4 is 5.73 Å². The molecular weight excluding hydrogens is 208 g/mol. The first-order valence-electron chi connectivity index (χ1n) is 4.51. The van der Waals surface area contributed by atoms with Crippen LogP contribution in [0.1, 0.15) is 20.7 Å². The molecule has 0 spiro atoms. The maximum atomic E-state index is 10.9. The van der Waals surface area contributed by atoms with Crippen LogP contribution in [-0.2, 0) is 0 Å². The molecule has 1 aromatic carbocycles. The normalized spacial score (nSPS) is 10.2. The second kappa shape index (κ2) is 3.62. The van der Waals surface area contributed by atoms with Gasteiger partial charge in [0.15, 0.2) is 0 Å². The fourth-order valence-corrected chi connectivity index (χ4v) is 1.40. The molecule has 3 N–H and O–H groups in total. The lowest BCUT2D eigenvalue weighted by molar-refractivity contribution is 0.0696. The number of carbonyl (C=O) groups is 2. The molecule has 0 fully saturated rings. The Labute approximate surface area is 90.5 Å². The fraction of sp³-hybridized carbons (Fsp3) is 0. The van der Waals surface area contributed by atoms with Gasteiger partial charge in [-0.15, -0.1) is 0 Å². The average molecular weight is 216 g/mol. The lowest BCUT2D eigenvalue weighted by Gasteiger charge is -2.01. The van der Waals surface area contributed by atoms with Crippen molar-refractivity contribution in [2.24, 2.45) is 5.73 Å². The Morgan fingerprint density at radius 3 is 2.50 bits per heavy atom. The zero-order chi connectivity index (χ0) is 11.7. The molecule has 0 radical (unpaired) electrons. The first-order valence-corrected chi connectivity index (χ1v) is 4.51. The van der Waals surface area contributed by atoms with Crippen LogP contribution in [0.5, 0.6) is 0 Å². The second-order valence-electron chi connectivity index (χ2n) is 3.30. The minimum atomic E-state index is -1.06. The summed E-state index contributed by atoms with van der Waals surface area (Å²) < 4.78 is 0. The van der Waals surface area contributed by atoms with E-state index in [1.54, 1.807) is 12.1 Å². The standard InChI is InChI=1S/C11H8N2O3/c12-10(14)6-1-2-9-7(3-6)4-8(5-13-9)11(15)16/h1-5H,(H2,12,14)(H,15,16). The molecule has 1 aromatic heterocycles. The number of carbonyl (C=O) groups excluding carboxylic acids is 1. The predicted octanol–water partition coefficient (Wildman–Crippen LogP) is 1.03. The monoisotopic (exact) mass is 216 g/mol. The van der Waals surface area contributed by atoms with Crippen LogP contribution in [0.4, 0.5) is 0 Å². The van der Waals surface area contributed by atoms with Gasteiger partial charge in [-0.1, -0.05) is 0 Å². The van der Waals surface area contributed by atoms with Crippen LogP contribution >= 0.6 is 0 Å². The van der Waals surface area contributed by atoms with Gasteiger partial charge < -0.3 is 10.8 Å². The van der Waals surface area contributed by atoms with E-state index in [0.717, 1.165) is 0 Å². The lowest BCUT2D eigenvalue weighted by atomic mass is 10.1. The Morgan fingerprint density at radius 2 is 1.88 bits per heavy atom. The minimum absolute atomic E-state index is 0.0779. The van der Waals surface area contributed by atoms with Gasteiger partial charge in [0, 0.05) is 17.1 Å². The summed E-state index contributed by atoms with van der Waals surface area (Å²) in [5.41, 5.74) is 6.16. The van der Waals surface area contributed by atoms with E-state index in [1.807, 2.05) is 0 Å². The Bertz CT molecular complexity index is 544. The lowest BCUT2D eigenvalue weighted by Crippen LogP contribution is -2.10. The summed E-state index contributed by atoms with van der Waals surface area (Å²) in [6.45, 7) is 0. The Balaban J connectivity index is 2.65. The average Bonchev–Trinajstić information content (AvgIpc) is 2.27. The molecule has 16 heavy (non-hydrogen) atoms. The van der Waals surface area contributed by atoms with Gasteiger partial charge in [-0.3, -0.25) is 9.78 Å². The van der Waals surface area contributed by atoms with E-state index in [1.165, 1.54) is 18.3 Å². The molecule has 0 saturated heterocycles. The van der Waals surface area contributed by atoms with E-state index in [-0.39, 0.29) is 5.56 Å². The number of amides is 1. The molecule has 1 amide bonds. The molecule has 0 aliphatic rings. The molecule has 0 aliphatic carbocycles. The van der Waals surface area contributed by atoms with Gasteiger partial charge >= 0.3 is 5.97 Å². The van der Waals surface area contributed by atoms with E-state index in [9.17, 15) is 9.59 Å². The van der Waals surface area contributed by atoms with Gasteiger partial charge in [-0.2, -0.15) is 0 Å². The Hall–Kier alpha value is -2.43. The van der Waals surface area contributed by atoms with Crippen LogP contribution in [0, 0.1) is 0 Å². The smallest absolute Gasteiger partial charge is 0.337 e. The van der Waals surface area contributed by atoms with Crippen molar-refractivity contribution in [3.05, 3.63) is 41.6 Å². The number of nitrogens with zero attached hydrogens (tertiary/aromatic N) is 1. The fourth-order valence-electron chi connectivity index (χ4n) is 1.40. The molecule has 0 saturated carbocycles. The van der Waals surface area contributed by atoms with Crippen molar-refractivity contribution in [1.29, 1.82) is 0 Å². The van der Waals surface area contributed by atoms with Crippen LogP contribution in [0.15, 0.2) is 30.5 Å². The third kappa shape index (κ3) is 1.70. The number of hydrogen-bond donors (Lipinski definition) is 2. The number of primary amides is 1. The van der Waals surface area contributed by atoms with E-state index >= 15 is 0 Å². The van der Waals surface area contributed by atoms with Gasteiger partial charge in [-0.25, -0.2) is 4.79 Å². The van der Waals surface area contributed by atoms with E-state index < -0.39 is 11.9 Å². The highest BCUT2D eigenvalue weighted by atomic mass is 16.4. The number of aromatic carboxylic acids is 1. The molecular formula is C11H8N2O3. The van der Waals surface area contributed by atoms with Crippen molar-refractivity contribution in [3.8, 4) is 0 Å². The molecule has 0 bridgehead atoms. The highest BCUT2D eigenvalue weighted by Gasteiger charge is 2.06. The molecule has 2 rings (SSSR count). The number of carboxylic acids is 1. The van der Waals surface area contributed by atoms with E-state index in [0.29, 0.717) is 16.5 Å². The van der Waals surface area contributed by atoms with Crippen molar-refractivity contribution in [2.45, 2.75) is 0 Å². The number of pyridine rings is 1. The number of hydrogen-bond acceptors (Lipinski definition) is 3. The maximum absolute atomic E-state index is 10.9. The molecule has 0 atom stereocenters. The summed E-state index contributed by atoms with van der Waals surface area (Å²) in [6.07, 6.45) is 1.27. The molecule has 0 unspecified atom stereocenters. The van der Waals surface area contributed by atoms with Crippen LogP contribution in [0.3, 0.4) is 0 Å². The van der Waals surface area contributed by atoms with Crippen LogP contribution in [-0.4, -0.2) is 22.0 Å². The van der Waals surface area contributed by atoms with Crippen molar-refractivity contribution in [3.63, 3.8) is 0 Å². The molecule has 80 valence electrons. The molecule has 5 heteroatoms. The highest BCUT2D eigenvalue weighted by molar-refractivity contribution is 5.98. The van der Waals surface area contributed by atoms with Crippen molar-refractivity contribution in [1.82, 2.24) is 4.98 Å². The number of nitrogens with two attached hydrogens (primary N) is 1. The minimum Gasteiger partial charge on any atom is -0.478 e. The molecule has 5 nitrogen and oxygen atoms in total. The van der Waals surface area contributed by atoms with Crippen LogP contribution in [0.2, 0.25) is 0 Å². The predicted molar refractivity (Wildman–Crippen MR) is 57.2 cm³/mol. The number of carboxylic acid groups (broad SMARTS) is 1. The van der Waals surface area contributed by atoms with Crippen molar-refractivity contribution < 1.29 is 14.7 Å². The second-order valence-corrected chi connectivity index (χ2v) is 3.30. The van der Waals surface area contributed by atoms with E-state index in [4.69, 9.17) is 10.8 Å². The summed E-state index contributed by atoms with van der Waals surface area (Å²) in [6, 6.07) is 6.16.